The number of ether oxygens (including phenoxy) is 2. The molecule has 2 aromatic rings. The van der Waals surface area contributed by atoms with E-state index in [0.717, 1.165) is 5.56 Å². The first-order valence-electron chi connectivity index (χ1n) is 12.6. The van der Waals surface area contributed by atoms with Gasteiger partial charge >= 0.3 is 5.97 Å². The van der Waals surface area contributed by atoms with Gasteiger partial charge in [0.25, 0.3) is 5.91 Å². The van der Waals surface area contributed by atoms with Crippen LogP contribution in [-0.4, -0.2) is 70.7 Å². The van der Waals surface area contributed by atoms with Crippen LogP contribution in [0.15, 0.2) is 78.9 Å². The summed E-state index contributed by atoms with van der Waals surface area (Å²) < 4.78 is 9.73. The molecule has 4 aliphatic heterocycles. The Morgan fingerprint density at radius 2 is 1.84 bits per heavy atom. The molecule has 2 fully saturated rings. The van der Waals surface area contributed by atoms with Crippen molar-refractivity contribution in [3.63, 3.8) is 0 Å². The maximum Gasteiger partial charge on any atom is 0.311 e. The molecule has 4 heterocycles. The number of thioether (sulfide) groups is 1. The second kappa shape index (κ2) is 9.63. The first-order chi connectivity index (χ1) is 18.5. The minimum atomic E-state index is -0.992. The number of carbonyl (C=O) groups excluding carboxylic acids is 3. The van der Waals surface area contributed by atoms with Crippen molar-refractivity contribution in [1.29, 1.82) is 0 Å². The Bertz CT molecular complexity index is 1310. The van der Waals surface area contributed by atoms with Gasteiger partial charge < -0.3 is 24.4 Å². The summed E-state index contributed by atoms with van der Waals surface area (Å²) >= 11 is 1.48. The van der Waals surface area contributed by atoms with E-state index in [4.69, 9.17) is 9.47 Å². The van der Waals surface area contributed by atoms with Crippen molar-refractivity contribution in [2.24, 2.45) is 11.8 Å². The summed E-state index contributed by atoms with van der Waals surface area (Å²) in [4.78, 5) is 45.2. The molecule has 4 aliphatic rings. The molecule has 6 rings (SSSR count). The molecule has 0 bridgehead atoms. The van der Waals surface area contributed by atoms with E-state index in [-0.39, 0.29) is 30.3 Å². The van der Waals surface area contributed by atoms with Crippen LogP contribution in [0.4, 0.5) is 5.69 Å². The molecule has 2 amide bonds. The Labute approximate surface area is 224 Å². The molecule has 0 aliphatic carbocycles. The van der Waals surface area contributed by atoms with Gasteiger partial charge in [0.15, 0.2) is 0 Å². The Morgan fingerprint density at radius 3 is 2.55 bits per heavy atom. The highest BCUT2D eigenvalue weighted by atomic mass is 32.2. The van der Waals surface area contributed by atoms with E-state index in [2.05, 4.69) is 0 Å². The van der Waals surface area contributed by atoms with Gasteiger partial charge in [-0.05, 0) is 29.8 Å². The van der Waals surface area contributed by atoms with E-state index in [9.17, 15) is 19.5 Å². The molecular weight excluding hydrogens is 504 g/mol. The van der Waals surface area contributed by atoms with Crippen molar-refractivity contribution < 1.29 is 29.0 Å². The maximum atomic E-state index is 14.5. The number of carbonyl (C=O) groups is 3. The minimum absolute atomic E-state index is 0.163. The number of likely N-dealkylation sites (tertiary alicyclic amines) is 1. The van der Waals surface area contributed by atoms with Crippen LogP contribution in [0.25, 0.3) is 0 Å². The summed E-state index contributed by atoms with van der Waals surface area (Å²) in [5, 5.41) is 10.3. The van der Waals surface area contributed by atoms with E-state index < -0.39 is 34.6 Å². The molecular formula is C29H28N2O6S. The van der Waals surface area contributed by atoms with Crippen molar-refractivity contribution in [3.05, 3.63) is 84.5 Å². The number of fused-ring (bicyclic) bond motifs is 2. The number of aliphatic hydroxyl groups is 1. The lowest BCUT2D eigenvalue weighted by Gasteiger charge is -2.38. The number of aliphatic hydroxyl groups excluding tert-OH is 1. The lowest BCUT2D eigenvalue weighted by Crippen LogP contribution is -2.54. The summed E-state index contributed by atoms with van der Waals surface area (Å²) in [7, 11) is 1.58. The summed E-state index contributed by atoms with van der Waals surface area (Å²) in [6.45, 7) is 0.109. The molecule has 1 unspecified atom stereocenters. The third-order valence-electron chi connectivity index (χ3n) is 7.93. The normalized spacial score (nSPS) is 30.7. The lowest BCUT2D eigenvalue weighted by atomic mass is 9.78. The molecule has 38 heavy (non-hydrogen) atoms. The highest BCUT2D eigenvalue weighted by Crippen LogP contribution is 2.62. The number of amides is 2. The van der Waals surface area contributed by atoms with Gasteiger partial charge in [0.05, 0.1) is 36.3 Å². The average molecular weight is 533 g/mol. The predicted molar refractivity (Wildman–Crippen MR) is 143 cm³/mol. The molecule has 6 atom stereocenters. The van der Waals surface area contributed by atoms with Crippen molar-refractivity contribution >= 4 is 35.2 Å². The highest BCUT2D eigenvalue weighted by Gasteiger charge is 2.72. The van der Waals surface area contributed by atoms with E-state index >= 15 is 0 Å². The van der Waals surface area contributed by atoms with Crippen LogP contribution in [0, 0.1) is 11.8 Å². The third kappa shape index (κ3) is 3.67. The number of rotatable bonds is 5. The highest BCUT2D eigenvalue weighted by molar-refractivity contribution is 8.02. The van der Waals surface area contributed by atoms with Gasteiger partial charge in [-0.2, -0.15) is 0 Å². The van der Waals surface area contributed by atoms with Crippen LogP contribution in [0.3, 0.4) is 0 Å². The number of benzene rings is 2. The molecule has 8 nitrogen and oxygen atoms in total. The van der Waals surface area contributed by atoms with E-state index in [0.29, 0.717) is 18.0 Å². The van der Waals surface area contributed by atoms with Crippen LogP contribution >= 0.6 is 11.8 Å². The monoisotopic (exact) mass is 532 g/mol. The molecule has 196 valence electrons. The van der Waals surface area contributed by atoms with Crippen LogP contribution in [0.1, 0.15) is 11.6 Å². The van der Waals surface area contributed by atoms with Crippen molar-refractivity contribution in [1.82, 2.24) is 4.90 Å². The molecule has 2 saturated heterocycles. The smallest absolute Gasteiger partial charge is 0.311 e. The van der Waals surface area contributed by atoms with Crippen molar-refractivity contribution in [3.8, 4) is 5.75 Å². The molecule has 9 heteroatoms. The molecule has 1 spiro atoms. The quantitative estimate of drug-likeness (QED) is 0.467. The second-order valence-electron chi connectivity index (χ2n) is 9.80. The van der Waals surface area contributed by atoms with Crippen LogP contribution in [0.2, 0.25) is 0 Å². The Balaban J connectivity index is 1.50. The molecule has 0 saturated carbocycles. The zero-order chi connectivity index (χ0) is 26.4. The fraction of sp³-hybridized carbons (Fsp3) is 0.345. The fourth-order valence-corrected chi connectivity index (χ4v) is 8.26. The van der Waals surface area contributed by atoms with Gasteiger partial charge in [0.2, 0.25) is 5.91 Å². The number of hydrogen-bond acceptors (Lipinski definition) is 7. The van der Waals surface area contributed by atoms with Crippen LogP contribution < -0.4 is 9.64 Å². The van der Waals surface area contributed by atoms with Gasteiger partial charge in [-0.1, -0.05) is 54.6 Å². The fourth-order valence-electron chi connectivity index (χ4n) is 6.27. The zero-order valence-corrected chi connectivity index (χ0v) is 21.6. The molecule has 1 N–H and O–H groups in total. The van der Waals surface area contributed by atoms with Gasteiger partial charge in [-0.25, -0.2) is 0 Å². The predicted octanol–water partition coefficient (Wildman–Crippen LogP) is 2.74. The lowest BCUT2D eigenvalue weighted by molar-refractivity contribution is -0.152. The molecule has 0 radical (unpaired) electrons. The number of cyclic esters (lactones) is 1. The first kappa shape index (κ1) is 24.8. The van der Waals surface area contributed by atoms with Gasteiger partial charge in [-0.3, -0.25) is 14.4 Å². The van der Waals surface area contributed by atoms with E-state index in [1.807, 2.05) is 60.7 Å². The summed E-state index contributed by atoms with van der Waals surface area (Å²) in [6, 6.07) is 14.7. The van der Waals surface area contributed by atoms with E-state index in [1.165, 1.54) is 16.7 Å². The Morgan fingerprint density at radius 1 is 1.08 bits per heavy atom. The summed E-state index contributed by atoms with van der Waals surface area (Å²) in [5.74, 6) is -1.86. The van der Waals surface area contributed by atoms with Gasteiger partial charge in [0.1, 0.15) is 18.4 Å². The Kier molecular flexibility index (Phi) is 6.28. The SMILES string of the molecule is COc1ccc(N2CC=C[C@]34S[C@@H]5C=CCOC(=O)[C@@H]5[C@H]3C(=O)N([C@H](CO)c3ccccc3)C4C2=O)cc1. The summed E-state index contributed by atoms with van der Waals surface area (Å²) in [5.41, 5.74) is 1.39. The van der Waals surface area contributed by atoms with Gasteiger partial charge in [-0.15, -0.1) is 11.8 Å². The third-order valence-corrected chi connectivity index (χ3v) is 9.67. The van der Waals surface area contributed by atoms with E-state index in [1.54, 1.807) is 30.2 Å². The largest absolute Gasteiger partial charge is 0.497 e. The first-order valence-corrected chi connectivity index (χ1v) is 13.5. The second-order valence-corrected chi connectivity index (χ2v) is 11.3. The minimum Gasteiger partial charge on any atom is -0.497 e. The van der Waals surface area contributed by atoms with Crippen molar-refractivity contribution in [2.75, 3.05) is 31.8 Å². The number of nitrogens with zero attached hydrogens (tertiary/aromatic N) is 2. The maximum absolute atomic E-state index is 14.5. The Hall–Kier alpha value is -3.56. The average Bonchev–Trinajstić information content (AvgIpc) is 3.24. The van der Waals surface area contributed by atoms with Crippen LogP contribution in [0.5, 0.6) is 5.75 Å². The standard InChI is InChI=1S/C29H28N2O6S/c1-36-20-12-10-19(11-13-20)30-15-6-14-29-24(23-22(38-29)9-5-16-37-28(23)35)26(33)31(25(29)27(30)34)21(17-32)18-7-3-2-4-8-18/h2-14,21-25,32H,15-17H2,1H3/t21-,22-,23+,24+,25?,29+/m1/s1. The molecule has 2 aromatic carbocycles. The number of methoxy groups -OCH3 is 1. The number of anilines is 1. The van der Waals surface area contributed by atoms with Crippen molar-refractivity contribution in [2.45, 2.75) is 22.1 Å². The topological polar surface area (TPSA) is 96.4 Å². The molecule has 0 aromatic heterocycles. The summed E-state index contributed by atoms with van der Waals surface area (Å²) in [6.07, 6.45) is 7.58. The zero-order valence-electron chi connectivity index (χ0n) is 20.8. The van der Waals surface area contributed by atoms with Gasteiger partial charge in [0, 0.05) is 17.5 Å². The number of hydrogen-bond donors (Lipinski definition) is 1. The van der Waals surface area contributed by atoms with Crippen LogP contribution in [-0.2, 0) is 19.1 Å². The number of esters is 1.